The first kappa shape index (κ1) is 23.2. The molecule has 0 bridgehead atoms. The zero-order valence-electron chi connectivity index (χ0n) is 17.8. The van der Waals surface area contributed by atoms with E-state index >= 15 is 0 Å². The molecule has 0 unspecified atom stereocenters. The van der Waals surface area contributed by atoms with Gasteiger partial charge in [-0.05, 0) is 60.9 Å². The van der Waals surface area contributed by atoms with Gasteiger partial charge in [-0.15, -0.1) is 0 Å². The van der Waals surface area contributed by atoms with E-state index in [4.69, 9.17) is 0 Å². The molecule has 1 saturated heterocycles. The summed E-state index contributed by atoms with van der Waals surface area (Å²) in [6.45, 7) is 0.428. The van der Waals surface area contributed by atoms with Crippen molar-refractivity contribution < 1.29 is 27.2 Å². The summed E-state index contributed by atoms with van der Waals surface area (Å²) in [6, 6.07) is 16.3. The van der Waals surface area contributed by atoms with Crippen LogP contribution in [0.1, 0.15) is 18.4 Å². The number of rotatable bonds is 3. The number of nitrogens with zero attached hydrogens (tertiary/aromatic N) is 2. The lowest BCUT2D eigenvalue weighted by molar-refractivity contribution is -0.137. The van der Waals surface area contributed by atoms with Crippen LogP contribution in [-0.4, -0.2) is 24.2 Å². The van der Waals surface area contributed by atoms with Crippen LogP contribution in [0, 0.1) is 5.82 Å². The molecule has 1 N–H and O–H groups in total. The summed E-state index contributed by atoms with van der Waals surface area (Å²) < 4.78 is 52.0. The number of anilines is 2. The average Bonchev–Trinajstić information content (AvgIpc) is 2.81. The van der Waals surface area contributed by atoms with Crippen molar-refractivity contribution in [3.05, 3.63) is 84.2 Å². The summed E-state index contributed by atoms with van der Waals surface area (Å²) >= 11 is 0. The molecular formula is C25H19F4N3O2. The quantitative estimate of drug-likeness (QED) is 0.457. The Bertz CT molecular complexity index is 1240. The summed E-state index contributed by atoms with van der Waals surface area (Å²) in [6.07, 6.45) is -3.61. The Morgan fingerprint density at radius 1 is 0.941 bits per heavy atom. The molecule has 3 amide bonds. The Kier molecular flexibility index (Phi) is 6.45. The summed E-state index contributed by atoms with van der Waals surface area (Å²) in [4.78, 5) is 30.5. The minimum absolute atomic E-state index is 0.0499. The Hall–Kier alpha value is -4.01. The highest BCUT2D eigenvalue weighted by molar-refractivity contribution is 6.45. The number of carbonyl (C=O) groups is 2. The van der Waals surface area contributed by atoms with Gasteiger partial charge < -0.3 is 10.2 Å². The van der Waals surface area contributed by atoms with E-state index in [0.29, 0.717) is 36.2 Å². The first-order valence-electron chi connectivity index (χ1n) is 10.4. The molecule has 0 saturated carbocycles. The van der Waals surface area contributed by atoms with E-state index in [1.54, 1.807) is 42.5 Å². The van der Waals surface area contributed by atoms with Crippen LogP contribution in [0.2, 0.25) is 0 Å². The molecule has 0 spiro atoms. The molecule has 5 nitrogen and oxygen atoms in total. The monoisotopic (exact) mass is 469 g/mol. The number of nitrogens with one attached hydrogen (secondary N) is 1. The third-order valence-corrected chi connectivity index (χ3v) is 5.35. The largest absolute Gasteiger partial charge is 0.416 e. The third kappa shape index (κ3) is 5.14. The maximum absolute atomic E-state index is 14.0. The second-order valence-corrected chi connectivity index (χ2v) is 7.65. The zero-order chi connectivity index (χ0) is 24.3. The molecule has 1 heterocycles. The number of piperidine rings is 1. The predicted octanol–water partition coefficient (Wildman–Crippen LogP) is 6.31. The second-order valence-electron chi connectivity index (χ2n) is 7.65. The third-order valence-electron chi connectivity index (χ3n) is 5.35. The maximum atomic E-state index is 14.0. The fourth-order valence-electron chi connectivity index (χ4n) is 3.65. The fraction of sp³-hybridized carbons (Fsp3) is 0.160. The molecule has 3 aromatic carbocycles. The van der Waals surface area contributed by atoms with Gasteiger partial charge >= 0.3 is 12.2 Å². The van der Waals surface area contributed by atoms with Crippen LogP contribution >= 0.6 is 0 Å². The number of urea groups is 1. The van der Waals surface area contributed by atoms with Crippen molar-refractivity contribution in [1.82, 2.24) is 0 Å². The Morgan fingerprint density at radius 2 is 1.62 bits per heavy atom. The molecule has 1 aliphatic rings. The van der Waals surface area contributed by atoms with Gasteiger partial charge in [0.15, 0.2) is 0 Å². The number of carbonyl (C=O) groups excluding carboxylic acids is 2. The average molecular weight is 469 g/mol. The van der Waals surface area contributed by atoms with Crippen molar-refractivity contribution in [3.63, 3.8) is 0 Å². The summed E-state index contributed by atoms with van der Waals surface area (Å²) in [5, 5.41) is 2.37. The van der Waals surface area contributed by atoms with Gasteiger partial charge in [0.2, 0.25) is 0 Å². The van der Waals surface area contributed by atoms with Crippen LogP contribution in [0.15, 0.2) is 77.8 Å². The van der Waals surface area contributed by atoms with Crippen LogP contribution in [0.25, 0.3) is 11.1 Å². The number of aliphatic imine (C=N–C) groups is 1. The Balaban J connectivity index is 1.46. The minimum Gasteiger partial charge on any atom is -0.307 e. The Labute approximate surface area is 192 Å². The molecule has 3 aromatic rings. The predicted molar refractivity (Wildman–Crippen MR) is 121 cm³/mol. The number of alkyl halides is 3. The number of hydrogen-bond acceptors (Lipinski definition) is 2. The van der Waals surface area contributed by atoms with E-state index in [9.17, 15) is 27.2 Å². The number of halogens is 4. The highest BCUT2D eigenvalue weighted by atomic mass is 19.4. The van der Waals surface area contributed by atoms with Crippen LogP contribution < -0.4 is 10.2 Å². The highest BCUT2D eigenvalue weighted by Gasteiger charge is 2.30. The molecule has 1 aliphatic heterocycles. The lowest BCUT2D eigenvalue weighted by atomic mass is 10.0. The summed E-state index contributed by atoms with van der Waals surface area (Å²) in [5.74, 6) is -0.787. The number of hydrogen-bond donors (Lipinski definition) is 1. The van der Waals surface area contributed by atoms with Gasteiger partial charge in [0.25, 0.3) is 5.91 Å². The first-order chi connectivity index (χ1) is 16.2. The van der Waals surface area contributed by atoms with E-state index in [1.807, 2.05) is 0 Å². The van der Waals surface area contributed by atoms with E-state index in [-0.39, 0.29) is 17.2 Å². The summed E-state index contributed by atoms with van der Waals surface area (Å²) in [7, 11) is 0. The van der Waals surface area contributed by atoms with Crippen molar-refractivity contribution >= 4 is 29.0 Å². The van der Waals surface area contributed by atoms with Gasteiger partial charge in [-0.2, -0.15) is 18.2 Å². The molecule has 0 radical (unpaired) electrons. The van der Waals surface area contributed by atoms with Crippen molar-refractivity contribution in [1.29, 1.82) is 0 Å². The molecule has 4 rings (SSSR count). The smallest absolute Gasteiger partial charge is 0.307 e. The normalized spacial score (nSPS) is 15.5. The molecule has 0 atom stereocenters. The maximum Gasteiger partial charge on any atom is 0.416 e. The fourth-order valence-corrected chi connectivity index (χ4v) is 3.65. The van der Waals surface area contributed by atoms with Crippen LogP contribution in [0.4, 0.5) is 33.7 Å². The number of benzene rings is 3. The van der Waals surface area contributed by atoms with Crippen molar-refractivity contribution in [2.24, 2.45) is 4.99 Å². The van der Waals surface area contributed by atoms with Gasteiger partial charge in [0.1, 0.15) is 11.5 Å². The minimum atomic E-state index is -4.48. The molecule has 174 valence electrons. The van der Waals surface area contributed by atoms with Crippen molar-refractivity contribution in [3.8, 4) is 11.1 Å². The van der Waals surface area contributed by atoms with Gasteiger partial charge in [-0.25, -0.2) is 9.18 Å². The molecule has 0 aromatic heterocycles. The van der Waals surface area contributed by atoms with Crippen LogP contribution in [-0.2, 0) is 11.0 Å². The van der Waals surface area contributed by atoms with Gasteiger partial charge in [0.05, 0.1) is 5.56 Å². The van der Waals surface area contributed by atoms with E-state index in [0.717, 1.165) is 24.3 Å². The van der Waals surface area contributed by atoms with Gasteiger partial charge in [-0.3, -0.25) is 4.79 Å². The standard InChI is InChI=1S/C25H19F4N3O2/c26-21-5-2-1-4-20(21)16-7-13-19(14-8-16)32-15-3-6-22(23(32)33)31-24(34)30-18-11-9-17(10-12-18)25(27,28)29/h1-2,4-5,7-14H,3,6,15H2,(H,30,34). The zero-order valence-corrected chi connectivity index (χ0v) is 17.8. The number of amides is 3. The first-order valence-corrected chi connectivity index (χ1v) is 10.4. The summed E-state index contributed by atoms with van der Waals surface area (Å²) in [5.41, 5.74) is 1.04. The molecule has 0 aliphatic carbocycles. The van der Waals surface area contributed by atoms with E-state index in [1.165, 1.54) is 11.0 Å². The Morgan fingerprint density at radius 3 is 2.26 bits per heavy atom. The second kappa shape index (κ2) is 9.46. The van der Waals surface area contributed by atoms with Crippen molar-refractivity contribution in [2.75, 3.05) is 16.8 Å². The molecular weight excluding hydrogens is 450 g/mol. The molecule has 1 fully saturated rings. The van der Waals surface area contributed by atoms with Crippen molar-refractivity contribution in [2.45, 2.75) is 19.0 Å². The van der Waals surface area contributed by atoms with Crippen LogP contribution in [0.5, 0.6) is 0 Å². The van der Waals surface area contributed by atoms with Gasteiger partial charge in [-0.1, -0.05) is 30.3 Å². The lowest BCUT2D eigenvalue weighted by Gasteiger charge is -2.27. The highest BCUT2D eigenvalue weighted by Crippen LogP contribution is 2.30. The SMILES string of the molecule is O=C(N=C1CCCN(c2ccc(-c3ccccc3F)cc2)C1=O)Nc1ccc(C(F)(F)F)cc1. The molecule has 9 heteroatoms. The molecule has 34 heavy (non-hydrogen) atoms. The van der Waals surface area contributed by atoms with E-state index in [2.05, 4.69) is 10.3 Å². The van der Waals surface area contributed by atoms with E-state index < -0.39 is 23.7 Å². The lowest BCUT2D eigenvalue weighted by Crippen LogP contribution is -2.42. The van der Waals surface area contributed by atoms with Crippen LogP contribution in [0.3, 0.4) is 0 Å². The topological polar surface area (TPSA) is 61.8 Å². The van der Waals surface area contributed by atoms with Gasteiger partial charge in [0, 0.05) is 23.5 Å².